The number of aliphatic hydroxyl groups is 1. The molecule has 0 spiro atoms. The third kappa shape index (κ3) is 2.36. The lowest BCUT2D eigenvalue weighted by Crippen LogP contribution is -2.54. The van der Waals surface area contributed by atoms with Gasteiger partial charge in [-0.3, -0.25) is 4.18 Å². The second-order valence-electron chi connectivity index (χ2n) is 3.83. The zero-order valence-electron chi connectivity index (χ0n) is 8.90. The Morgan fingerprint density at radius 3 is 2.75 bits per heavy atom. The molecule has 1 N–H and O–H groups in total. The first kappa shape index (κ1) is 12.6. The summed E-state index contributed by atoms with van der Waals surface area (Å²) in [6, 6.07) is 0. The van der Waals surface area contributed by atoms with E-state index in [1.54, 1.807) is 0 Å². The maximum Gasteiger partial charge on any atom is 0.264 e. The van der Waals surface area contributed by atoms with E-state index >= 15 is 0 Å². The van der Waals surface area contributed by atoms with E-state index in [-0.39, 0.29) is 11.4 Å². The summed E-state index contributed by atoms with van der Waals surface area (Å²) in [6.45, 7) is 0. The Balaban J connectivity index is 2.18. The third-order valence-corrected chi connectivity index (χ3v) is 4.61. The second kappa shape index (κ2) is 4.43. The van der Waals surface area contributed by atoms with E-state index in [2.05, 4.69) is 0 Å². The van der Waals surface area contributed by atoms with Crippen molar-refractivity contribution in [3.63, 3.8) is 0 Å². The molecule has 0 radical (unpaired) electrons. The molecule has 94 valence electrons. The average Bonchev–Trinajstić information content (AvgIpc) is 2.42. The monoisotopic (exact) mass is 270 g/mol. The minimum atomic E-state index is -3.60. The highest BCUT2D eigenvalue weighted by atomic mass is 32.2. The molecule has 2 heterocycles. The fraction of sp³-hybridized carbons (Fsp3) is 1.00. The maximum absolute atomic E-state index is 11.1. The molecule has 2 bridgehead atoms. The van der Waals surface area contributed by atoms with Crippen molar-refractivity contribution in [2.24, 2.45) is 0 Å². The number of ether oxygens (including phenoxy) is 2. The van der Waals surface area contributed by atoms with E-state index in [1.165, 1.54) is 18.9 Å². The Morgan fingerprint density at radius 1 is 1.50 bits per heavy atom. The number of hydrogen-bond donors (Lipinski definition) is 1. The highest BCUT2D eigenvalue weighted by molar-refractivity contribution is 8.00. The Bertz CT molecular complexity index is 356. The summed E-state index contributed by atoms with van der Waals surface area (Å²) in [5, 5.41) is 9.49. The fourth-order valence-electron chi connectivity index (χ4n) is 1.92. The van der Waals surface area contributed by atoms with Gasteiger partial charge >= 0.3 is 0 Å². The van der Waals surface area contributed by atoms with Gasteiger partial charge < -0.3 is 14.6 Å². The summed E-state index contributed by atoms with van der Waals surface area (Å²) in [4.78, 5) is 0. The standard InChI is InChI=1S/C8H14O6S2/c1-12-8-6(14-16(2,10)11)7-5(9)4(13-8)3-15-7/h4-9H,3H2,1-2H3/t4-,5-,6+,7+,8+/m1/s1. The number of thioether (sulfide) groups is 1. The molecule has 2 fully saturated rings. The molecule has 16 heavy (non-hydrogen) atoms. The molecular weight excluding hydrogens is 256 g/mol. The van der Waals surface area contributed by atoms with E-state index < -0.39 is 28.6 Å². The van der Waals surface area contributed by atoms with E-state index in [0.29, 0.717) is 5.75 Å². The summed E-state index contributed by atoms with van der Waals surface area (Å²) in [5.41, 5.74) is 0. The van der Waals surface area contributed by atoms with Crippen molar-refractivity contribution in [2.45, 2.75) is 29.9 Å². The van der Waals surface area contributed by atoms with Crippen LogP contribution in [0.4, 0.5) is 0 Å². The second-order valence-corrected chi connectivity index (χ2v) is 6.64. The van der Waals surface area contributed by atoms with Crippen LogP contribution in [0.15, 0.2) is 0 Å². The van der Waals surface area contributed by atoms with Crippen LogP contribution in [0, 0.1) is 0 Å². The Labute approximate surface area is 98.4 Å². The minimum Gasteiger partial charge on any atom is -0.389 e. The van der Waals surface area contributed by atoms with Gasteiger partial charge in [0, 0.05) is 12.9 Å². The van der Waals surface area contributed by atoms with E-state index in [4.69, 9.17) is 13.7 Å². The van der Waals surface area contributed by atoms with Crippen LogP contribution in [-0.4, -0.2) is 62.5 Å². The lowest BCUT2D eigenvalue weighted by atomic mass is 10.0. The van der Waals surface area contributed by atoms with Gasteiger partial charge in [0.25, 0.3) is 10.1 Å². The number of hydrogen-bond acceptors (Lipinski definition) is 7. The zero-order chi connectivity index (χ0) is 11.9. The van der Waals surface area contributed by atoms with Crippen LogP contribution in [-0.2, 0) is 23.8 Å². The first-order valence-corrected chi connectivity index (χ1v) is 7.65. The van der Waals surface area contributed by atoms with Crippen molar-refractivity contribution in [1.82, 2.24) is 0 Å². The van der Waals surface area contributed by atoms with Crippen LogP contribution < -0.4 is 0 Å². The molecule has 0 saturated carbocycles. The van der Waals surface area contributed by atoms with Gasteiger partial charge in [-0.1, -0.05) is 0 Å². The van der Waals surface area contributed by atoms with Crippen LogP contribution in [0.25, 0.3) is 0 Å². The number of rotatable bonds is 3. The summed E-state index contributed by atoms with van der Waals surface area (Å²) in [5.74, 6) is 0.620. The van der Waals surface area contributed by atoms with E-state index in [9.17, 15) is 13.5 Å². The first-order chi connectivity index (χ1) is 7.42. The van der Waals surface area contributed by atoms with Gasteiger partial charge in [-0.15, -0.1) is 11.8 Å². The molecular formula is C8H14O6S2. The molecule has 0 aliphatic carbocycles. The number of fused-ring (bicyclic) bond motifs is 2. The van der Waals surface area contributed by atoms with Gasteiger partial charge in [0.05, 0.1) is 23.7 Å². The summed E-state index contributed by atoms with van der Waals surface area (Å²) in [6.07, 6.45) is -1.58. The number of aliphatic hydroxyl groups excluding tert-OH is 1. The SMILES string of the molecule is CO[C@H]1O[C@@H]2CS[C@@H]([C@@H]2O)[C@@H]1OS(C)(=O)=O. The molecule has 0 unspecified atom stereocenters. The molecule has 2 rings (SSSR count). The van der Waals surface area contributed by atoms with Gasteiger partial charge in [0.1, 0.15) is 6.10 Å². The quantitative estimate of drug-likeness (QED) is 0.671. The number of methoxy groups -OCH3 is 1. The van der Waals surface area contributed by atoms with Crippen molar-refractivity contribution in [2.75, 3.05) is 19.1 Å². The molecule has 0 aromatic carbocycles. The van der Waals surface area contributed by atoms with Gasteiger partial charge in [-0.25, -0.2) is 0 Å². The largest absolute Gasteiger partial charge is 0.389 e. The molecule has 8 heteroatoms. The first-order valence-electron chi connectivity index (χ1n) is 4.78. The van der Waals surface area contributed by atoms with Gasteiger partial charge in [0.2, 0.25) is 0 Å². The van der Waals surface area contributed by atoms with Gasteiger partial charge in [-0.2, -0.15) is 8.42 Å². The van der Waals surface area contributed by atoms with E-state index in [1.807, 2.05) is 0 Å². The van der Waals surface area contributed by atoms with Crippen molar-refractivity contribution in [1.29, 1.82) is 0 Å². The normalized spacial score (nSPS) is 43.6. The Hall–Kier alpha value is 0.140. The van der Waals surface area contributed by atoms with Crippen LogP contribution in [0.5, 0.6) is 0 Å². The van der Waals surface area contributed by atoms with Gasteiger partial charge in [-0.05, 0) is 0 Å². The third-order valence-electron chi connectivity index (χ3n) is 2.59. The molecule has 5 atom stereocenters. The fourth-order valence-corrected chi connectivity index (χ4v) is 4.04. The topological polar surface area (TPSA) is 82.1 Å². The predicted octanol–water partition coefficient (Wildman–Crippen LogP) is -0.821. The van der Waals surface area contributed by atoms with Crippen LogP contribution in [0.2, 0.25) is 0 Å². The molecule has 0 aromatic rings. The van der Waals surface area contributed by atoms with Gasteiger partial charge in [0.15, 0.2) is 6.29 Å². The molecule has 0 amide bonds. The smallest absolute Gasteiger partial charge is 0.264 e. The molecule has 2 saturated heterocycles. The maximum atomic E-state index is 11.1. The lowest BCUT2D eigenvalue weighted by molar-refractivity contribution is -0.235. The lowest BCUT2D eigenvalue weighted by Gasteiger charge is -2.36. The van der Waals surface area contributed by atoms with Crippen molar-refractivity contribution in [3.05, 3.63) is 0 Å². The van der Waals surface area contributed by atoms with Crippen LogP contribution >= 0.6 is 11.8 Å². The molecule has 2 aliphatic heterocycles. The highest BCUT2D eigenvalue weighted by Crippen LogP contribution is 2.40. The van der Waals surface area contributed by atoms with Crippen molar-refractivity contribution >= 4 is 21.9 Å². The van der Waals surface area contributed by atoms with Crippen molar-refractivity contribution in [3.8, 4) is 0 Å². The van der Waals surface area contributed by atoms with Crippen molar-refractivity contribution < 1.29 is 27.2 Å². The Kier molecular flexibility index (Phi) is 3.49. The highest BCUT2D eigenvalue weighted by Gasteiger charge is 2.52. The average molecular weight is 270 g/mol. The molecule has 2 aliphatic rings. The summed E-state index contributed by atoms with van der Waals surface area (Å²) < 4.78 is 37.6. The van der Waals surface area contributed by atoms with E-state index in [0.717, 1.165) is 6.26 Å². The molecule has 6 nitrogen and oxygen atoms in total. The summed E-state index contributed by atoms with van der Waals surface area (Å²) in [7, 11) is -2.18. The summed E-state index contributed by atoms with van der Waals surface area (Å²) >= 11 is 1.44. The Morgan fingerprint density at radius 2 is 2.19 bits per heavy atom. The van der Waals surface area contributed by atoms with Crippen LogP contribution in [0.1, 0.15) is 0 Å². The zero-order valence-corrected chi connectivity index (χ0v) is 10.5. The van der Waals surface area contributed by atoms with Crippen LogP contribution in [0.3, 0.4) is 0 Å². The predicted molar refractivity (Wildman–Crippen MR) is 57.6 cm³/mol. The minimum absolute atomic E-state index is 0.306. The molecule has 0 aromatic heterocycles.